The lowest BCUT2D eigenvalue weighted by atomic mass is 10.1. The second kappa shape index (κ2) is 6.59. The molecule has 94 valence electrons. The minimum atomic E-state index is -0.903. The molecule has 0 saturated carbocycles. The number of hydrogen-bond acceptors (Lipinski definition) is 3. The van der Waals surface area contributed by atoms with Crippen molar-refractivity contribution in [3.63, 3.8) is 0 Å². The molecule has 0 aromatic heterocycles. The van der Waals surface area contributed by atoms with Gasteiger partial charge >= 0.3 is 0 Å². The van der Waals surface area contributed by atoms with Gasteiger partial charge in [0.15, 0.2) is 0 Å². The quantitative estimate of drug-likeness (QED) is 0.822. The maximum Gasteiger partial charge on any atom is 0.277 e. The van der Waals surface area contributed by atoms with Crippen LogP contribution < -0.4 is 5.32 Å². The van der Waals surface area contributed by atoms with Crippen molar-refractivity contribution in [2.24, 2.45) is 0 Å². The maximum atomic E-state index is 11.7. The number of nitrogens with one attached hydrogen (secondary N) is 1. The van der Waals surface area contributed by atoms with Crippen molar-refractivity contribution in [3.8, 4) is 0 Å². The number of carbonyl (C=O) groups is 1. The second-order valence-electron chi connectivity index (χ2n) is 3.56. The molecule has 1 aromatic rings. The predicted octanol–water partition coefficient (Wildman–Crippen LogP) is 2.14. The van der Waals surface area contributed by atoms with Gasteiger partial charge in [-0.05, 0) is 18.6 Å². The summed E-state index contributed by atoms with van der Waals surface area (Å²) in [6.07, 6.45) is -0.903. The Balaban J connectivity index is 2.70. The third kappa shape index (κ3) is 3.70. The molecule has 0 bridgehead atoms. The summed E-state index contributed by atoms with van der Waals surface area (Å²) in [7, 11) is 2.82. The van der Waals surface area contributed by atoms with E-state index < -0.39 is 6.29 Å². The SMILES string of the molecule is COC(OC)C(=O)NC(C)c1ccccc1Cl. The summed E-state index contributed by atoms with van der Waals surface area (Å²) in [6.45, 7) is 1.85. The number of rotatable bonds is 5. The molecule has 0 aliphatic rings. The molecule has 0 spiro atoms. The first-order valence-electron chi connectivity index (χ1n) is 5.20. The molecule has 1 aromatic carbocycles. The van der Waals surface area contributed by atoms with Crippen LogP contribution in [0.4, 0.5) is 0 Å². The average Bonchev–Trinajstić information content (AvgIpc) is 2.31. The Labute approximate surface area is 106 Å². The molecule has 0 aliphatic carbocycles. The Bertz CT molecular complexity index is 380. The second-order valence-corrected chi connectivity index (χ2v) is 3.96. The lowest BCUT2D eigenvalue weighted by molar-refractivity contribution is -0.159. The van der Waals surface area contributed by atoms with Gasteiger partial charge in [-0.2, -0.15) is 0 Å². The van der Waals surface area contributed by atoms with Crippen LogP contribution in [0.3, 0.4) is 0 Å². The molecule has 0 heterocycles. The van der Waals surface area contributed by atoms with Crippen molar-refractivity contribution in [1.29, 1.82) is 0 Å². The van der Waals surface area contributed by atoms with Crippen molar-refractivity contribution in [3.05, 3.63) is 34.9 Å². The highest BCUT2D eigenvalue weighted by Crippen LogP contribution is 2.22. The van der Waals surface area contributed by atoms with Crippen LogP contribution in [0.1, 0.15) is 18.5 Å². The fourth-order valence-corrected chi connectivity index (χ4v) is 1.80. The van der Waals surface area contributed by atoms with Crippen molar-refractivity contribution in [2.45, 2.75) is 19.3 Å². The van der Waals surface area contributed by atoms with E-state index in [-0.39, 0.29) is 11.9 Å². The zero-order valence-electron chi connectivity index (χ0n) is 10.1. The van der Waals surface area contributed by atoms with E-state index in [1.54, 1.807) is 6.07 Å². The van der Waals surface area contributed by atoms with Crippen LogP contribution in [0.15, 0.2) is 24.3 Å². The average molecular weight is 258 g/mol. The van der Waals surface area contributed by atoms with E-state index in [4.69, 9.17) is 21.1 Å². The molecule has 1 atom stereocenters. The third-order valence-electron chi connectivity index (χ3n) is 2.37. The standard InChI is InChI=1S/C12H16ClNO3/c1-8(9-6-4-5-7-10(9)13)14-11(15)12(16-2)17-3/h4-8,12H,1-3H3,(H,14,15). The van der Waals surface area contributed by atoms with Gasteiger partial charge in [-0.15, -0.1) is 0 Å². The van der Waals surface area contributed by atoms with Gasteiger partial charge < -0.3 is 14.8 Å². The number of hydrogen-bond donors (Lipinski definition) is 1. The Morgan fingerprint density at radius 2 is 1.88 bits per heavy atom. The Kier molecular flexibility index (Phi) is 5.41. The minimum absolute atomic E-state index is 0.205. The van der Waals surface area contributed by atoms with Crippen molar-refractivity contribution < 1.29 is 14.3 Å². The van der Waals surface area contributed by atoms with Crippen LogP contribution in [0.5, 0.6) is 0 Å². The predicted molar refractivity (Wildman–Crippen MR) is 65.8 cm³/mol. The van der Waals surface area contributed by atoms with E-state index in [9.17, 15) is 4.79 Å². The van der Waals surface area contributed by atoms with Crippen LogP contribution in [-0.4, -0.2) is 26.4 Å². The summed E-state index contributed by atoms with van der Waals surface area (Å²) >= 11 is 6.04. The summed E-state index contributed by atoms with van der Waals surface area (Å²) in [4.78, 5) is 11.7. The molecule has 0 saturated heterocycles. The molecular formula is C12H16ClNO3. The normalized spacial score (nSPS) is 12.5. The van der Waals surface area contributed by atoms with Gasteiger partial charge in [0.25, 0.3) is 5.91 Å². The number of methoxy groups -OCH3 is 2. The zero-order chi connectivity index (χ0) is 12.8. The first-order chi connectivity index (χ1) is 8.10. The van der Waals surface area contributed by atoms with Gasteiger partial charge in [0.2, 0.25) is 6.29 Å². The van der Waals surface area contributed by atoms with E-state index in [2.05, 4.69) is 5.32 Å². The Morgan fingerprint density at radius 1 is 1.29 bits per heavy atom. The highest BCUT2D eigenvalue weighted by atomic mass is 35.5. The molecule has 1 N–H and O–H groups in total. The molecule has 1 amide bonds. The highest BCUT2D eigenvalue weighted by Gasteiger charge is 2.20. The molecule has 0 aliphatic heterocycles. The third-order valence-corrected chi connectivity index (χ3v) is 2.72. The van der Waals surface area contributed by atoms with Crippen molar-refractivity contribution in [2.75, 3.05) is 14.2 Å². The van der Waals surface area contributed by atoms with Crippen molar-refractivity contribution in [1.82, 2.24) is 5.32 Å². The lowest BCUT2D eigenvalue weighted by Gasteiger charge is -2.19. The zero-order valence-corrected chi connectivity index (χ0v) is 10.8. The molecule has 1 unspecified atom stereocenters. The summed E-state index contributed by atoms with van der Waals surface area (Å²) in [5.74, 6) is -0.331. The topological polar surface area (TPSA) is 47.6 Å². The van der Waals surface area contributed by atoms with Crippen LogP contribution in [0.25, 0.3) is 0 Å². The first kappa shape index (κ1) is 14.0. The lowest BCUT2D eigenvalue weighted by Crippen LogP contribution is -2.38. The van der Waals surface area contributed by atoms with Gasteiger partial charge in [-0.25, -0.2) is 0 Å². The van der Waals surface area contributed by atoms with Crippen LogP contribution >= 0.6 is 11.6 Å². The smallest absolute Gasteiger partial charge is 0.277 e. The Morgan fingerprint density at radius 3 is 2.41 bits per heavy atom. The Hall–Kier alpha value is -1.10. The van der Waals surface area contributed by atoms with E-state index in [1.165, 1.54) is 14.2 Å². The van der Waals surface area contributed by atoms with Gasteiger partial charge in [0.1, 0.15) is 0 Å². The van der Waals surface area contributed by atoms with Crippen molar-refractivity contribution >= 4 is 17.5 Å². The fourth-order valence-electron chi connectivity index (χ4n) is 1.50. The number of ether oxygens (including phenoxy) is 2. The summed E-state index contributed by atoms with van der Waals surface area (Å²) < 4.78 is 9.72. The first-order valence-corrected chi connectivity index (χ1v) is 5.58. The van der Waals surface area contributed by atoms with Crippen LogP contribution in [0.2, 0.25) is 5.02 Å². The molecule has 0 fully saturated rings. The van der Waals surface area contributed by atoms with E-state index >= 15 is 0 Å². The summed E-state index contributed by atoms with van der Waals surface area (Å²) in [6, 6.07) is 7.15. The van der Waals surface area contributed by atoms with Gasteiger partial charge in [0.05, 0.1) is 6.04 Å². The largest absolute Gasteiger partial charge is 0.348 e. The molecule has 4 nitrogen and oxygen atoms in total. The minimum Gasteiger partial charge on any atom is -0.348 e. The van der Waals surface area contributed by atoms with E-state index in [0.717, 1.165) is 5.56 Å². The van der Waals surface area contributed by atoms with Crippen LogP contribution in [-0.2, 0) is 14.3 Å². The van der Waals surface area contributed by atoms with Gasteiger partial charge in [-0.1, -0.05) is 29.8 Å². The fraction of sp³-hybridized carbons (Fsp3) is 0.417. The summed E-state index contributed by atoms with van der Waals surface area (Å²) in [5.41, 5.74) is 0.855. The number of benzene rings is 1. The van der Waals surface area contributed by atoms with Gasteiger partial charge in [0, 0.05) is 19.2 Å². The van der Waals surface area contributed by atoms with E-state index in [1.807, 2.05) is 25.1 Å². The molecule has 17 heavy (non-hydrogen) atoms. The number of amides is 1. The summed E-state index contributed by atoms with van der Waals surface area (Å²) in [5, 5.41) is 3.38. The molecule has 1 rings (SSSR count). The maximum absolute atomic E-state index is 11.7. The monoisotopic (exact) mass is 257 g/mol. The van der Waals surface area contributed by atoms with Gasteiger partial charge in [-0.3, -0.25) is 4.79 Å². The molecular weight excluding hydrogens is 242 g/mol. The van der Waals surface area contributed by atoms with E-state index in [0.29, 0.717) is 5.02 Å². The highest BCUT2D eigenvalue weighted by molar-refractivity contribution is 6.31. The molecule has 5 heteroatoms. The van der Waals surface area contributed by atoms with Crippen LogP contribution in [0, 0.1) is 0 Å². The number of halogens is 1. The molecule has 0 radical (unpaired) electrons. The number of carbonyl (C=O) groups excluding carboxylic acids is 1.